The van der Waals surface area contributed by atoms with Crippen LogP contribution < -0.4 is 76.1 Å². The van der Waals surface area contributed by atoms with Crippen molar-refractivity contribution in [3.63, 3.8) is 0 Å². The lowest BCUT2D eigenvalue weighted by molar-refractivity contribution is -0.140. The second-order valence-corrected chi connectivity index (χ2v) is 16.9. The second-order valence-electron chi connectivity index (χ2n) is 16.9. The average molecular weight is 995 g/mol. The molecule has 0 saturated heterocycles. The quantitative estimate of drug-likeness (QED) is 0.0253. The molecular weight excluding hydrogens is 909 g/mol. The van der Waals surface area contributed by atoms with E-state index in [2.05, 4.69) is 53.2 Å². The minimum absolute atomic E-state index is 0.0293. The number of nitrogens with one attached hydrogen (secondary N) is 10. The molecule has 0 rings (SSSR count). The van der Waals surface area contributed by atoms with Gasteiger partial charge in [0, 0.05) is 38.5 Å². The highest BCUT2D eigenvalue weighted by Gasteiger charge is 2.35. The first kappa shape index (κ1) is 64.8. The molecule has 0 aliphatic rings. The fourth-order valence-corrected chi connectivity index (χ4v) is 6.70. The molecule has 0 aromatic heterocycles. The molecule has 0 heterocycles. The summed E-state index contributed by atoms with van der Waals surface area (Å²) < 4.78 is 0. The molecule has 0 aromatic carbocycles. The van der Waals surface area contributed by atoms with E-state index in [0.29, 0.717) is 58.4 Å². The molecule has 0 saturated carbocycles. The van der Waals surface area contributed by atoms with Gasteiger partial charge in [0.2, 0.25) is 35.4 Å². The Morgan fingerprint density at radius 3 is 1.75 bits per heavy atom. The van der Waals surface area contributed by atoms with Crippen molar-refractivity contribution in [1.29, 1.82) is 0 Å². The Labute approximate surface area is 404 Å². The van der Waals surface area contributed by atoms with Crippen LogP contribution in [-0.2, 0) is 33.6 Å². The molecule has 69 heavy (non-hydrogen) atoms. The van der Waals surface area contributed by atoms with E-state index in [9.17, 15) is 64.2 Å². The smallest absolute Gasteiger partial charge is 0.252 e. The van der Waals surface area contributed by atoms with E-state index in [4.69, 9.17) is 22.9 Å². The maximum atomic E-state index is 13.8. The maximum absolute atomic E-state index is 13.8. The van der Waals surface area contributed by atoms with Gasteiger partial charge in [-0.25, -0.2) is 0 Å². The molecule has 7 amide bonds. The molecular formula is C42H86N14O13. The van der Waals surface area contributed by atoms with Crippen molar-refractivity contribution in [2.75, 3.05) is 79.6 Å². The van der Waals surface area contributed by atoms with Crippen molar-refractivity contribution < 1.29 is 64.2 Å². The first-order valence-corrected chi connectivity index (χ1v) is 23.7. The summed E-state index contributed by atoms with van der Waals surface area (Å²) in [5.41, 5.74) is 22.9. The summed E-state index contributed by atoms with van der Waals surface area (Å²) in [6, 6.07) is -7.88. The van der Waals surface area contributed by atoms with E-state index in [0.717, 1.165) is 19.4 Å². The lowest BCUT2D eigenvalue weighted by atomic mass is 9.99. The first-order chi connectivity index (χ1) is 32.8. The lowest BCUT2D eigenvalue weighted by Gasteiger charge is -2.30. The van der Waals surface area contributed by atoms with Crippen LogP contribution in [0, 0.1) is 0 Å². The molecule has 24 N–H and O–H groups in total. The number of rotatable bonds is 41. The molecule has 402 valence electrons. The highest BCUT2D eigenvalue weighted by molar-refractivity contribution is 5.95. The molecule has 0 spiro atoms. The van der Waals surface area contributed by atoms with Gasteiger partial charge in [-0.2, -0.15) is 0 Å². The Morgan fingerprint density at radius 1 is 0.551 bits per heavy atom. The number of nitrogens with two attached hydrogens (primary N) is 4. The number of carbonyl (C=O) groups excluding carboxylic acids is 7. The van der Waals surface area contributed by atoms with E-state index in [-0.39, 0.29) is 38.9 Å². The number of hydrogen-bond acceptors (Lipinski definition) is 20. The Morgan fingerprint density at radius 2 is 1.14 bits per heavy atom. The van der Waals surface area contributed by atoms with Gasteiger partial charge in [0.15, 0.2) is 6.10 Å². The van der Waals surface area contributed by atoms with Crippen molar-refractivity contribution in [2.45, 2.75) is 144 Å². The lowest BCUT2D eigenvalue weighted by Crippen LogP contribution is -2.63. The van der Waals surface area contributed by atoms with Crippen LogP contribution in [0.15, 0.2) is 0 Å². The number of unbranched alkanes of at least 4 members (excludes halogenated alkanes) is 2. The first-order valence-electron chi connectivity index (χ1n) is 23.7. The number of amides is 7. The summed E-state index contributed by atoms with van der Waals surface area (Å²) in [5.74, 6) is -5.76. The monoisotopic (exact) mass is 995 g/mol. The molecule has 27 nitrogen and oxygen atoms in total. The summed E-state index contributed by atoms with van der Waals surface area (Å²) in [7, 11) is 3.01. The number of likely N-dealkylation sites (N-methyl/N-ethyl adjacent to an activating group) is 2. The van der Waals surface area contributed by atoms with Gasteiger partial charge in [0.05, 0.1) is 50.0 Å². The van der Waals surface area contributed by atoms with Gasteiger partial charge in [-0.15, -0.1) is 0 Å². The molecule has 0 aliphatic carbocycles. The van der Waals surface area contributed by atoms with Crippen molar-refractivity contribution in [1.82, 2.24) is 53.2 Å². The standard InChI is InChI=1S/C42H86N14O13/c1-25(52-42(69)37(64)33(61)18-26(58)10-8-14-45)38(65)54-30(22-48-3)40(67)56-36(28(46)11-4-5-12-43)41(68)55-31(24-57)32(60)19-27(59)20-34(62)53-29(21-47-2)39(66)51-23-35(63)50-17-9-16-49-15-7-6-13-44/h25-33,36-37,47-49,57-61,64H,4-24,43-46H2,1-3H3,(H,50,63)(H,51,66)(H,52,69)(H,53,62)(H,54,65)(H,55,68)(H,56,67)/t25-,26-,27+,28-,29+,30+,31+,32-,33+,36-,37-/m1/s1. The number of carbonyl (C=O) groups is 7. The zero-order chi connectivity index (χ0) is 52.3. The normalized spacial score (nSPS) is 16.2. The Balaban J connectivity index is 5.58. The molecule has 0 bridgehead atoms. The summed E-state index contributed by atoms with van der Waals surface area (Å²) in [6.45, 7) is 2.96. The van der Waals surface area contributed by atoms with Gasteiger partial charge in [0.1, 0.15) is 24.2 Å². The minimum atomic E-state index is -2.00. The van der Waals surface area contributed by atoms with E-state index in [1.54, 1.807) is 0 Å². The fraction of sp³-hybridized carbons (Fsp3) is 0.833. The van der Waals surface area contributed by atoms with Gasteiger partial charge in [0.25, 0.3) is 5.91 Å². The predicted octanol–water partition coefficient (Wildman–Crippen LogP) is -9.02. The van der Waals surface area contributed by atoms with Crippen LogP contribution in [0.5, 0.6) is 0 Å². The molecule has 11 atom stereocenters. The third kappa shape index (κ3) is 28.9. The third-order valence-corrected chi connectivity index (χ3v) is 10.7. The number of aliphatic hydroxyl groups excluding tert-OH is 6. The summed E-state index contributed by atoms with van der Waals surface area (Å²) in [4.78, 5) is 91.2. The van der Waals surface area contributed by atoms with Crippen LogP contribution in [0.4, 0.5) is 0 Å². The van der Waals surface area contributed by atoms with Crippen LogP contribution in [0.25, 0.3) is 0 Å². The fourth-order valence-electron chi connectivity index (χ4n) is 6.70. The number of aliphatic hydroxyl groups is 6. The molecule has 0 unspecified atom stereocenters. The van der Waals surface area contributed by atoms with Crippen LogP contribution in [-0.4, -0.2) is 218 Å². The van der Waals surface area contributed by atoms with Crippen molar-refractivity contribution in [3.8, 4) is 0 Å². The van der Waals surface area contributed by atoms with Crippen molar-refractivity contribution in [3.05, 3.63) is 0 Å². The Kier molecular flexibility index (Phi) is 36.2. The molecule has 0 aliphatic heterocycles. The molecule has 0 fully saturated rings. The van der Waals surface area contributed by atoms with Crippen LogP contribution in [0.3, 0.4) is 0 Å². The van der Waals surface area contributed by atoms with E-state index < -0.39 is 128 Å². The minimum Gasteiger partial charge on any atom is -0.394 e. The van der Waals surface area contributed by atoms with Crippen molar-refractivity contribution >= 4 is 41.4 Å². The summed E-state index contributed by atoms with van der Waals surface area (Å²) >= 11 is 0. The second kappa shape index (κ2) is 38.5. The average Bonchev–Trinajstić information content (AvgIpc) is 3.30. The number of hydrogen-bond donors (Lipinski definition) is 20. The highest BCUT2D eigenvalue weighted by atomic mass is 16.3. The zero-order valence-corrected chi connectivity index (χ0v) is 40.6. The summed E-state index contributed by atoms with van der Waals surface area (Å²) in [5, 5.41) is 88.4. The third-order valence-electron chi connectivity index (χ3n) is 10.7. The molecule has 0 aromatic rings. The van der Waals surface area contributed by atoms with Gasteiger partial charge >= 0.3 is 0 Å². The highest BCUT2D eigenvalue weighted by Crippen LogP contribution is 2.11. The topological polar surface area (TPSA) is 465 Å². The van der Waals surface area contributed by atoms with E-state index >= 15 is 0 Å². The Bertz CT molecular complexity index is 1490. The van der Waals surface area contributed by atoms with Gasteiger partial charge in [-0.05, 0) is 98.7 Å². The van der Waals surface area contributed by atoms with E-state index in [1.807, 2.05) is 0 Å². The maximum Gasteiger partial charge on any atom is 0.252 e. The van der Waals surface area contributed by atoms with Gasteiger partial charge in [-0.1, -0.05) is 6.42 Å². The molecule has 0 radical (unpaired) electrons. The van der Waals surface area contributed by atoms with Crippen LogP contribution in [0.2, 0.25) is 0 Å². The molecule has 27 heteroatoms. The van der Waals surface area contributed by atoms with Gasteiger partial charge in [-0.3, -0.25) is 33.6 Å². The zero-order valence-electron chi connectivity index (χ0n) is 40.6. The van der Waals surface area contributed by atoms with Crippen LogP contribution >= 0.6 is 0 Å². The SMILES string of the molecule is CNC[C@H](NC(=O)C[C@@H](O)C[C@@H](O)[C@H](CO)NC(=O)[C@H](NC(=O)[C@H](CNC)NC(=O)[C@@H](C)NC(=O)[C@H](O)[C@@H](O)C[C@H](O)CCCN)[C@H](N)CCCCN)C(=O)NCC(=O)NCCCNCCCCN. The van der Waals surface area contributed by atoms with E-state index in [1.165, 1.54) is 21.0 Å². The van der Waals surface area contributed by atoms with Crippen LogP contribution in [0.1, 0.15) is 77.6 Å². The van der Waals surface area contributed by atoms with Gasteiger partial charge < -0.3 is 107 Å². The summed E-state index contributed by atoms with van der Waals surface area (Å²) in [6.07, 6.45) is -4.98. The predicted molar refractivity (Wildman–Crippen MR) is 255 cm³/mol. The van der Waals surface area contributed by atoms with Crippen molar-refractivity contribution in [2.24, 2.45) is 22.9 Å². The Hall–Kier alpha value is -4.23. The largest absolute Gasteiger partial charge is 0.394 e.